The van der Waals surface area contributed by atoms with Crippen LogP contribution in [0.3, 0.4) is 0 Å². The number of halogens is 3. The van der Waals surface area contributed by atoms with E-state index >= 15 is 0 Å². The molecule has 2 heterocycles. The van der Waals surface area contributed by atoms with Gasteiger partial charge in [0.05, 0.1) is 12.2 Å². The van der Waals surface area contributed by atoms with Crippen molar-refractivity contribution < 1.29 is 13.2 Å². The van der Waals surface area contributed by atoms with E-state index in [0.717, 1.165) is 5.69 Å². The van der Waals surface area contributed by atoms with Crippen molar-refractivity contribution in [3.63, 3.8) is 0 Å². The third-order valence-electron chi connectivity index (χ3n) is 4.20. The summed E-state index contributed by atoms with van der Waals surface area (Å²) in [4.78, 5) is 7.67. The van der Waals surface area contributed by atoms with Crippen LogP contribution in [0, 0.1) is 0 Å². The van der Waals surface area contributed by atoms with Crippen molar-refractivity contribution in [2.45, 2.75) is 25.7 Å². The summed E-state index contributed by atoms with van der Waals surface area (Å²) in [7, 11) is 3.54. The maximum atomic E-state index is 12.8. The Morgan fingerprint density at radius 1 is 1.35 bits per heavy atom. The standard InChI is InChI=1S/C14H23F3N6/c1-11(14(15,16)17)22-6-8-23(9-7-22)13(18-2)19-10-12-4-5-20-21(12)3/h4-5,11H,6-10H2,1-3H3,(H,18,19). The van der Waals surface area contributed by atoms with Crippen LogP contribution < -0.4 is 5.32 Å². The van der Waals surface area contributed by atoms with Crippen LogP contribution >= 0.6 is 0 Å². The molecule has 9 heteroatoms. The van der Waals surface area contributed by atoms with E-state index in [-0.39, 0.29) is 0 Å². The quantitative estimate of drug-likeness (QED) is 0.664. The lowest BCUT2D eigenvalue weighted by atomic mass is 10.2. The fraction of sp³-hybridized carbons (Fsp3) is 0.714. The lowest BCUT2D eigenvalue weighted by Crippen LogP contribution is -2.56. The molecule has 2 rings (SSSR count). The van der Waals surface area contributed by atoms with E-state index in [9.17, 15) is 13.2 Å². The number of aromatic nitrogens is 2. The van der Waals surface area contributed by atoms with Gasteiger partial charge in [-0.3, -0.25) is 14.6 Å². The first kappa shape index (κ1) is 17.6. The Hall–Kier alpha value is -1.77. The average Bonchev–Trinajstić information content (AvgIpc) is 2.92. The number of hydrogen-bond acceptors (Lipinski definition) is 3. The Morgan fingerprint density at radius 3 is 2.48 bits per heavy atom. The van der Waals surface area contributed by atoms with Gasteiger partial charge in [-0.05, 0) is 13.0 Å². The minimum atomic E-state index is -4.18. The second-order valence-corrected chi connectivity index (χ2v) is 5.59. The molecular formula is C14H23F3N6. The molecule has 1 atom stereocenters. The molecule has 0 bridgehead atoms. The van der Waals surface area contributed by atoms with Gasteiger partial charge in [0, 0.05) is 46.5 Å². The van der Waals surface area contributed by atoms with Crippen molar-refractivity contribution in [3.05, 3.63) is 18.0 Å². The van der Waals surface area contributed by atoms with E-state index in [4.69, 9.17) is 0 Å². The molecule has 0 spiro atoms. The molecule has 1 fully saturated rings. The Labute approximate surface area is 134 Å². The molecule has 1 aliphatic rings. The van der Waals surface area contributed by atoms with Gasteiger partial charge in [-0.2, -0.15) is 18.3 Å². The van der Waals surface area contributed by atoms with Gasteiger partial charge in [0.2, 0.25) is 0 Å². The molecule has 0 aliphatic carbocycles. The highest BCUT2D eigenvalue weighted by atomic mass is 19.4. The lowest BCUT2D eigenvalue weighted by Gasteiger charge is -2.39. The number of guanidine groups is 1. The molecule has 1 saturated heterocycles. The van der Waals surface area contributed by atoms with Gasteiger partial charge in [0.25, 0.3) is 0 Å². The third kappa shape index (κ3) is 4.37. The van der Waals surface area contributed by atoms with E-state index in [2.05, 4.69) is 15.4 Å². The zero-order valence-electron chi connectivity index (χ0n) is 13.6. The van der Waals surface area contributed by atoms with E-state index in [1.165, 1.54) is 11.8 Å². The van der Waals surface area contributed by atoms with Gasteiger partial charge >= 0.3 is 6.18 Å². The molecule has 0 radical (unpaired) electrons. The highest BCUT2D eigenvalue weighted by molar-refractivity contribution is 5.79. The predicted molar refractivity (Wildman–Crippen MR) is 82.1 cm³/mol. The Balaban J connectivity index is 1.86. The van der Waals surface area contributed by atoms with E-state index in [1.54, 1.807) is 17.9 Å². The van der Waals surface area contributed by atoms with Crippen LogP contribution in [-0.4, -0.2) is 71.0 Å². The number of hydrogen-bond donors (Lipinski definition) is 1. The fourth-order valence-corrected chi connectivity index (χ4v) is 2.60. The van der Waals surface area contributed by atoms with Crippen LogP contribution in [-0.2, 0) is 13.6 Å². The number of nitrogens with one attached hydrogen (secondary N) is 1. The summed E-state index contributed by atoms with van der Waals surface area (Å²) in [6, 6.07) is 0.498. The van der Waals surface area contributed by atoms with E-state index in [1.807, 2.05) is 18.0 Å². The second kappa shape index (κ2) is 7.20. The van der Waals surface area contributed by atoms with Crippen molar-refractivity contribution in [1.82, 2.24) is 24.9 Å². The van der Waals surface area contributed by atoms with E-state index in [0.29, 0.717) is 38.7 Å². The highest BCUT2D eigenvalue weighted by Crippen LogP contribution is 2.25. The average molecular weight is 332 g/mol. The maximum absolute atomic E-state index is 12.8. The van der Waals surface area contributed by atoms with Gasteiger partial charge in [-0.1, -0.05) is 0 Å². The molecule has 1 N–H and O–H groups in total. The van der Waals surface area contributed by atoms with Crippen LogP contribution in [0.5, 0.6) is 0 Å². The SMILES string of the molecule is CN=C(NCc1ccnn1C)N1CCN(C(C)C(F)(F)F)CC1. The summed E-state index contributed by atoms with van der Waals surface area (Å²) in [6.07, 6.45) is -2.46. The van der Waals surface area contributed by atoms with Crippen molar-refractivity contribution in [1.29, 1.82) is 0 Å². The number of piperazine rings is 1. The van der Waals surface area contributed by atoms with Crippen LogP contribution in [0.1, 0.15) is 12.6 Å². The summed E-state index contributed by atoms with van der Waals surface area (Å²) in [6.45, 7) is 3.56. The fourth-order valence-electron chi connectivity index (χ4n) is 2.60. The minimum Gasteiger partial charge on any atom is -0.351 e. The van der Waals surface area contributed by atoms with Gasteiger partial charge in [-0.15, -0.1) is 0 Å². The molecule has 23 heavy (non-hydrogen) atoms. The predicted octanol–water partition coefficient (Wildman–Crippen LogP) is 1.06. The number of aliphatic imine (C=N–C) groups is 1. The lowest BCUT2D eigenvalue weighted by molar-refractivity contribution is -0.181. The maximum Gasteiger partial charge on any atom is 0.403 e. The van der Waals surface area contributed by atoms with Crippen molar-refractivity contribution >= 4 is 5.96 Å². The van der Waals surface area contributed by atoms with Crippen LogP contribution in [0.2, 0.25) is 0 Å². The number of nitrogens with zero attached hydrogens (tertiary/aromatic N) is 5. The number of aryl methyl sites for hydroxylation is 1. The second-order valence-electron chi connectivity index (χ2n) is 5.59. The summed E-state index contributed by atoms with van der Waals surface area (Å²) in [5.74, 6) is 0.700. The molecule has 0 aromatic carbocycles. The van der Waals surface area contributed by atoms with Crippen LogP contribution in [0.25, 0.3) is 0 Å². The van der Waals surface area contributed by atoms with Crippen molar-refractivity contribution in [3.8, 4) is 0 Å². The van der Waals surface area contributed by atoms with Gasteiger partial charge in [-0.25, -0.2) is 0 Å². The van der Waals surface area contributed by atoms with Gasteiger partial charge in [0.15, 0.2) is 5.96 Å². The normalized spacial score (nSPS) is 19.0. The Kier molecular flexibility index (Phi) is 5.51. The van der Waals surface area contributed by atoms with E-state index < -0.39 is 12.2 Å². The smallest absolute Gasteiger partial charge is 0.351 e. The number of rotatable bonds is 3. The summed E-state index contributed by atoms with van der Waals surface area (Å²) >= 11 is 0. The Morgan fingerprint density at radius 2 is 2.00 bits per heavy atom. The largest absolute Gasteiger partial charge is 0.403 e. The molecule has 0 amide bonds. The molecule has 1 aromatic rings. The zero-order valence-corrected chi connectivity index (χ0v) is 13.6. The molecule has 1 aromatic heterocycles. The Bertz CT molecular complexity index is 531. The van der Waals surface area contributed by atoms with Gasteiger partial charge in [0.1, 0.15) is 6.04 Å². The molecule has 130 valence electrons. The minimum absolute atomic E-state index is 0.368. The first-order chi connectivity index (χ1) is 10.8. The topological polar surface area (TPSA) is 48.7 Å². The van der Waals surface area contributed by atoms with Crippen LogP contribution in [0.4, 0.5) is 13.2 Å². The summed E-state index contributed by atoms with van der Waals surface area (Å²) in [5.41, 5.74) is 1.01. The first-order valence-electron chi connectivity index (χ1n) is 7.56. The molecular weight excluding hydrogens is 309 g/mol. The van der Waals surface area contributed by atoms with Crippen LogP contribution in [0.15, 0.2) is 17.3 Å². The third-order valence-corrected chi connectivity index (χ3v) is 4.20. The molecule has 1 unspecified atom stereocenters. The first-order valence-corrected chi connectivity index (χ1v) is 7.56. The zero-order chi connectivity index (χ0) is 17.0. The molecule has 1 aliphatic heterocycles. The molecule has 6 nitrogen and oxygen atoms in total. The summed E-state index contributed by atoms with van der Waals surface area (Å²) in [5, 5.41) is 7.33. The molecule has 0 saturated carbocycles. The monoisotopic (exact) mass is 332 g/mol. The van der Waals surface area contributed by atoms with Gasteiger partial charge < -0.3 is 10.2 Å². The van der Waals surface area contributed by atoms with Crippen molar-refractivity contribution in [2.24, 2.45) is 12.0 Å². The van der Waals surface area contributed by atoms with Crippen molar-refractivity contribution in [2.75, 3.05) is 33.2 Å². The summed E-state index contributed by atoms with van der Waals surface area (Å²) < 4.78 is 40.1. The highest BCUT2D eigenvalue weighted by Gasteiger charge is 2.41. The number of alkyl halides is 3.